The lowest BCUT2D eigenvalue weighted by atomic mass is 10.3. The van der Waals surface area contributed by atoms with Crippen LogP contribution in [0.4, 0.5) is 0 Å². The van der Waals surface area contributed by atoms with Gasteiger partial charge in [0.25, 0.3) is 0 Å². The van der Waals surface area contributed by atoms with Gasteiger partial charge in [0.1, 0.15) is 18.1 Å². The van der Waals surface area contributed by atoms with Crippen molar-refractivity contribution in [2.24, 2.45) is 0 Å². The van der Waals surface area contributed by atoms with E-state index in [-0.39, 0.29) is 0 Å². The van der Waals surface area contributed by atoms with Gasteiger partial charge in [-0.3, -0.25) is 0 Å². The molecule has 0 aliphatic rings. The van der Waals surface area contributed by atoms with Crippen LogP contribution < -0.4 is 14.8 Å². The minimum absolute atomic E-state index is 0.572. The summed E-state index contributed by atoms with van der Waals surface area (Å²) in [5.41, 5.74) is 0. The van der Waals surface area contributed by atoms with Crippen LogP contribution in [-0.4, -0.2) is 30.4 Å². The fourth-order valence-electron chi connectivity index (χ4n) is 1.38. The minimum atomic E-state index is 0.572. The maximum atomic E-state index is 5.54. The van der Waals surface area contributed by atoms with Gasteiger partial charge in [0.15, 0.2) is 5.82 Å². The van der Waals surface area contributed by atoms with Crippen molar-refractivity contribution >= 4 is 0 Å². The smallest absolute Gasteiger partial charge is 0.213 e. The number of aromatic nitrogens is 2. The molecule has 0 spiro atoms. The Morgan fingerprint density at radius 1 is 1.22 bits per heavy atom. The summed E-state index contributed by atoms with van der Waals surface area (Å²) in [7, 11) is 1.64. The van der Waals surface area contributed by atoms with E-state index in [0.717, 1.165) is 11.5 Å². The van der Waals surface area contributed by atoms with E-state index in [1.807, 2.05) is 24.3 Å². The van der Waals surface area contributed by atoms with Crippen LogP contribution >= 0.6 is 0 Å². The molecular weight excluding hydrogens is 234 g/mol. The van der Waals surface area contributed by atoms with Crippen molar-refractivity contribution in [1.82, 2.24) is 15.5 Å². The predicted octanol–water partition coefficient (Wildman–Crippen LogP) is 1.25. The fourth-order valence-corrected chi connectivity index (χ4v) is 1.38. The summed E-state index contributed by atoms with van der Waals surface area (Å²) in [4.78, 5) is 3.90. The van der Waals surface area contributed by atoms with Crippen molar-refractivity contribution in [3.05, 3.63) is 36.5 Å². The zero-order valence-electron chi connectivity index (χ0n) is 10.1. The quantitative estimate of drug-likeness (QED) is 0.745. The first-order chi connectivity index (χ1) is 8.88. The summed E-state index contributed by atoms with van der Waals surface area (Å²) in [6, 6.07) is 7.47. The molecule has 0 atom stereocenters. The Morgan fingerprint density at radius 3 is 2.67 bits per heavy atom. The molecule has 1 N–H and O–H groups in total. The third-order valence-electron chi connectivity index (χ3n) is 2.30. The third kappa shape index (κ3) is 3.74. The SMILES string of the molecule is COc1ccc(OCCNCc2ncon2)cc1. The van der Waals surface area contributed by atoms with Gasteiger partial charge in [0.05, 0.1) is 13.7 Å². The van der Waals surface area contributed by atoms with Crippen molar-refractivity contribution in [1.29, 1.82) is 0 Å². The van der Waals surface area contributed by atoms with Gasteiger partial charge in [-0.25, -0.2) is 0 Å². The van der Waals surface area contributed by atoms with Gasteiger partial charge in [-0.2, -0.15) is 4.98 Å². The third-order valence-corrected chi connectivity index (χ3v) is 2.30. The van der Waals surface area contributed by atoms with E-state index in [1.165, 1.54) is 6.39 Å². The molecule has 0 saturated carbocycles. The van der Waals surface area contributed by atoms with Crippen molar-refractivity contribution in [3.8, 4) is 11.5 Å². The summed E-state index contributed by atoms with van der Waals surface area (Å²) in [6.45, 7) is 1.85. The minimum Gasteiger partial charge on any atom is -0.497 e. The molecule has 1 aromatic heterocycles. The number of hydrogen-bond donors (Lipinski definition) is 1. The maximum Gasteiger partial charge on any atom is 0.213 e. The second-order valence-corrected chi connectivity index (χ2v) is 3.55. The summed E-state index contributed by atoms with van der Waals surface area (Å²) in [6.07, 6.45) is 1.31. The highest BCUT2D eigenvalue weighted by molar-refractivity contribution is 5.31. The maximum absolute atomic E-state index is 5.54. The highest BCUT2D eigenvalue weighted by Gasteiger charge is 1.98. The first kappa shape index (κ1) is 12.4. The molecule has 1 heterocycles. The second kappa shape index (κ2) is 6.61. The predicted molar refractivity (Wildman–Crippen MR) is 64.5 cm³/mol. The lowest BCUT2D eigenvalue weighted by Crippen LogP contribution is -2.21. The summed E-state index contributed by atoms with van der Waals surface area (Å²) >= 11 is 0. The Kier molecular flexibility index (Phi) is 4.54. The second-order valence-electron chi connectivity index (χ2n) is 3.55. The lowest BCUT2D eigenvalue weighted by molar-refractivity contribution is 0.311. The molecule has 0 bridgehead atoms. The van der Waals surface area contributed by atoms with Crippen LogP contribution in [0.1, 0.15) is 5.82 Å². The van der Waals surface area contributed by atoms with Crippen molar-refractivity contribution in [3.63, 3.8) is 0 Å². The Bertz CT molecular complexity index is 442. The Labute approximate surface area is 105 Å². The molecule has 18 heavy (non-hydrogen) atoms. The van der Waals surface area contributed by atoms with Gasteiger partial charge in [0, 0.05) is 6.54 Å². The van der Waals surface area contributed by atoms with E-state index in [1.54, 1.807) is 7.11 Å². The molecule has 6 heteroatoms. The largest absolute Gasteiger partial charge is 0.497 e. The lowest BCUT2D eigenvalue weighted by Gasteiger charge is -2.07. The van der Waals surface area contributed by atoms with Crippen molar-refractivity contribution < 1.29 is 14.0 Å². The highest BCUT2D eigenvalue weighted by Crippen LogP contribution is 2.16. The number of hydrogen-bond acceptors (Lipinski definition) is 6. The van der Waals surface area contributed by atoms with Gasteiger partial charge >= 0.3 is 0 Å². The molecular formula is C12H15N3O3. The summed E-state index contributed by atoms with van der Waals surface area (Å²) in [5, 5.41) is 6.83. The number of methoxy groups -OCH3 is 1. The normalized spacial score (nSPS) is 10.3. The Morgan fingerprint density at radius 2 is 2.00 bits per heavy atom. The van der Waals surface area contributed by atoms with Crippen molar-refractivity contribution in [2.45, 2.75) is 6.54 Å². The van der Waals surface area contributed by atoms with E-state index >= 15 is 0 Å². The molecule has 0 aliphatic heterocycles. The average Bonchev–Trinajstić information content (AvgIpc) is 2.92. The van der Waals surface area contributed by atoms with Crippen LogP contribution in [0.3, 0.4) is 0 Å². The zero-order valence-corrected chi connectivity index (χ0v) is 10.1. The van der Waals surface area contributed by atoms with Crippen molar-refractivity contribution in [2.75, 3.05) is 20.3 Å². The topological polar surface area (TPSA) is 69.4 Å². The van der Waals surface area contributed by atoms with E-state index in [9.17, 15) is 0 Å². The molecule has 2 rings (SSSR count). The van der Waals surface area contributed by atoms with Gasteiger partial charge in [-0.05, 0) is 24.3 Å². The first-order valence-corrected chi connectivity index (χ1v) is 5.61. The van der Waals surface area contributed by atoms with Crippen LogP contribution in [0.5, 0.6) is 11.5 Å². The van der Waals surface area contributed by atoms with E-state index in [0.29, 0.717) is 25.5 Å². The molecule has 96 valence electrons. The number of nitrogens with one attached hydrogen (secondary N) is 1. The Balaban J connectivity index is 1.62. The number of benzene rings is 1. The molecule has 0 amide bonds. The van der Waals surface area contributed by atoms with E-state index < -0.39 is 0 Å². The standard InChI is InChI=1S/C12H15N3O3/c1-16-10-2-4-11(5-3-10)17-7-6-13-8-12-14-9-18-15-12/h2-5,9,13H,6-8H2,1H3. The number of nitrogens with zero attached hydrogens (tertiary/aromatic N) is 2. The molecule has 2 aromatic rings. The zero-order chi connectivity index (χ0) is 12.6. The molecule has 0 aliphatic carbocycles. The van der Waals surface area contributed by atoms with Gasteiger partial charge in [-0.15, -0.1) is 0 Å². The Hall–Kier alpha value is -2.08. The van der Waals surface area contributed by atoms with Crippen LogP contribution in [0.2, 0.25) is 0 Å². The molecule has 0 unspecified atom stereocenters. The molecule has 1 aromatic carbocycles. The number of rotatable bonds is 7. The monoisotopic (exact) mass is 249 g/mol. The molecule has 0 fully saturated rings. The van der Waals surface area contributed by atoms with Crippen LogP contribution in [0, 0.1) is 0 Å². The fraction of sp³-hybridized carbons (Fsp3) is 0.333. The molecule has 0 saturated heterocycles. The molecule has 0 radical (unpaired) electrons. The molecule has 6 nitrogen and oxygen atoms in total. The van der Waals surface area contributed by atoms with E-state index in [4.69, 9.17) is 9.47 Å². The van der Waals surface area contributed by atoms with Crippen LogP contribution in [-0.2, 0) is 6.54 Å². The average molecular weight is 249 g/mol. The summed E-state index contributed by atoms with van der Waals surface area (Å²) < 4.78 is 15.2. The first-order valence-electron chi connectivity index (χ1n) is 5.61. The highest BCUT2D eigenvalue weighted by atomic mass is 16.5. The summed E-state index contributed by atoms with van der Waals surface area (Å²) in [5.74, 6) is 2.27. The van der Waals surface area contributed by atoms with Gasteiger partial charge in [0.2, 0.25) is 6.39 Å². The van der Waals surface area contributed by atoms with Crippen LogP contribution in [0.15, 0.2) is 35.2 Å². The number of ether oxygens (including phenoxy) is 2. The van der Waals surface area contributed by atoms with Crippen LogP contribution in [0.25, 0.3) is 0 Å². The van der Waals surface area contributed by atoms with E-state index in [2.05, 4.69) is 20.0 Å². The van der Waals surface area contributed by atoms with Gasteiger partial charge in [-0.1, -0.05) is 5.16 Å². The van der Waals surface area contributed by atoms with Gasteiger partial charge < -0.3 is 19.3 Å².